The minimum Gasteiger partial charge on any atom is -0.457 e. The molecule has 0 saturated heterocycles. The summed E-state index contributed by atoms with van der Waals surface area (Å²) in [4.78, 5) is 8.88. The van der Waals surface area contributed by atoms with Gasteiger partial charge in [-0.1, -0.05) is 48.5 Å². The van der Waals surface area contributed by atoms with Crippen molar-refractivity contribution in [2.24, 2.45) is 0 Å². The number of benzene rings is 3. The van der Waals surface area contributed by atoms with E-state index in [0.717, 1.165) is 23.0 Å². The van der Waals surface area contributed by atoms with Crippen molar-refractivity contribution in [1.82, 2.24) is 9.97 Å². The number of rotatable bonds is 7. The third-order valence-corrected chi connectivity index (χ3v) is 4.41. The molecular formula is C24H22N4O. The Morgan fingerprint density at radius 1 is 0.759 bits per heavy atom. The first-order valence-electron chi connectivity index (χ1n) is 9.51. The van der Waals surface area contributed by atoms with Crippen LogP contribution in [0.1, 0.15) is 18.5 Å². The topological polar surface area (TPSA) is 59.1 Å². The largest absolute Gasteiger partial charge is 0.457 e. The van der Waals surface area contributed by atoms with E-state index in [1.54, 1.807) is 6.20 Å². The molecule has 1 unspecified atom stereocenters. The molecule has 3 aromatic carbocycles. The van der Waals surface area contributed by atoms with E-state index in [1.807, 2.05) is 78.9 Å². The predicted octanol–water partition coefficient (Wildman–Crippen LogP) is 6.19. The molecule has 5 nitrogen and oxygen atoms in total. The summed E-state index contributed by atoms with van der Waals surface area (Å²) in [6, 6.07) is 29.7. The average Bonchev–Trinajstić information content (AvgIpc) is 2.77. The van der Waals surface area contributed by atoms with Crippen LogP contribution < -0.4 is 15.4 Å². The molecule has 1 heterocycles. The van der Waals surface area contributed by atoms with Crippen LogP contribution in [-0.4, -0.2) is 9.97 Å². The van der Waals surface area contributed by atoms with E-state index >= 15 is 0 Å². The first kappa shape index (κ1) is 18.5. The summed E-state index contributed by atoms with van der Waals surface area (Å²) in [6.45, 7) is 2.09. The van der Waals surface area contributed by atoms with Crippen LogP contribution in [0.25, 0.3) is 0 Å². The van der Waals surface area contributed by atoms with E-state index in [-0.39, 0.29) is 6.04 Å². The van der Waals surface area contributed by atoms with Crippen LogP contribution in [0, 0.1) is 0 Å². The zero-order valence-corrected chi connectivity index (χ0v) is 16.1. The van der Waals surface area contributed by atoms with Gasteiger partial charge in [0.1, 0.15) is 17.3 Å². The fourth-order valence-electron chi connectivity index (χ4n) is 2.90. The highest BCUT2D eigenvalue weighted by atomic mass is 16.5. The Bertz CT molecular complexity index is 1040. The van der Waals surface area contributed by atoms with E-state index in [2.05, 4.69) is 39.7 Å². The number of ether oxygens (including phenoxy) is 1. The number of aromatic nitrogens is 2. The molecule has 5 heteroatoms. The number of nitrogens with zero attached hydrogens (tertiary/aromatic N) is 2. The van der Waals surface area contributed by atoms with Gasteiger partial charge in [0, 0.05) is 11.9 Å². The molecule has 144 valence electrons. The second-order valence-electron chi connectivity index (χ2n) is 6.61. The molecule has 1 atom stereocenters. The van der Waals surface area contributed by atoms with Gasteiger partial charge >= 0.3 is 0 Å². The summed E-state index contributed by atoms with van der Waals surface area (Å²) in [7, 11) is 0. The maximum absolute atomic E-state index is 5.83. The fourth-order valence-corrected chi connectivity index (χ4v) is 2.90. The molecule has 4 rings (SSSR count). The summed E-state index contributed by atoms with van der Waals surface area (Å²) in [5.74, 6) is 2.89. The molecule has 29 heavy (non-hydrogen) atoms. The molecule has 4 aromatic rings. The van der Waals surface area contributed by atoms with Crippen molar-refractivity contribution in [2.75, 3.05) is 10.6 Å². The maximum Gasteiger partial charge on any atom is 0.225 e. The quantitative estimate of drug-likeness (QED) is 0.399. The molecule has 0 fully saturated rings. The van der Waals surface area contributed by atoms with Crippen LogP contribution in [0.15, 0.2) is 97.2 Å². The molecular weight excluding hydrogens is 360 g/mol. The van der Waals surface area contributed by atoms with Crippen molar-refractivity contribution in [1.29, 1.82) is 0 Å². The molecule has 0 aliphatic rings. The van der Waals surface area contributed by atoms with Gasteiger partial charge in [0.15, 0.2) is 0 Å². The lowest BCUT2D eigenvalue weighted by Crippen LogP contribution is -2.09. The summed E-state index contributed by atoms with van der Waals surface area (Å²) in [5.41, 5.74) is 2.11. The Morgan fingerprint density at radius 3 is 2.14 bits per heavy atom. The zero-order valence-electron chi connectivity index (χ0n) is 16.1. The Kier molecular flexibility index (Phi) is 5.67. The van der Waals surface area contributed by atoms with Crippen molar-refractivity contribution in [3.8, 4) is 11.5 Å². The fraction of sp³-hybridized carbons (Fsp3) is 0.0833. The number of hydrogen-bond donors (Lipinski definition) is 2. The van der Waals surface area contributed by atoms with Crippen LogP contribution in [0.4, 0.5) is 17.5 Å². The average molecular weight is 382 g/mol. The second kappa shape index (κ2) is 8.89. The summed E-state index contributed by atoms with van der Waals surface area (Å²) in [6.07, 6.45) is 1.74. The van der Waals surface area contributed by atoms with E-state index in [9.17, 15) is 0 Å². The maximum atomic E-state index is 5.83. The lowest BCUT2D eigenvalue weighted by molar-refractivity contribution is 0.483. The number of para-hydroxylation sites is 1. The van der Waals surface area contributed by atoms with Crippen molar-refractivity contribution in [3.63, 3.8) is 0 Å². The summed E-state index contributed by atoms with van der Waals surface area (Å²) < 4.78 is 5.83. The van der Waals surface area contributed by atoms with Crippen LogP contribution >= 0.6 is 0 Å². The number of hydrogen-bond acceptors (Lipinski definition) is 5. The molecule has 0 bridgehead atoms. The van der Waals surface area contributed by atoms with Gasteiger partial charge < -0.3 is 15.4 Å². The highest BCUT2D eigenvalue weighted by Gasteiger charge is 2.07. The molecule has 0 aliphatic carbocycles. The lowest BCUT2D eigenvalue weighted by Gasteiger charge is -2.15. The monoisotopic (exact) mass is 382 g/mol. The van der Waals surface area contributed by atoms with Gasteiger partial charge in [0.2, 0.25) is 5.95 Å². The van der Waals surface area contributed by atoms with Gasteiger partial charge in [0.25, 0.3) is 0 Å². The molecule has 1 aromatic heterocycles. The minimum atomic E-state index is 0.112. The van der Waals surface area contributed by atoms with E-state index in [1.165, 1.54) is 5.56 Å². The molecule has 2 N–H and O–H groups in total. The van der Waals surface area contributed by atoms with Gasteiger partial charge in [-0.2, -0.15) is 4.98 Å². The van der Waals surface area contributed by atoms with Crippen LogP contribution in [0.5, 0.6) is 11.5 Å². The lowest BCUT2D eigenvalue weighted by atomic mass is 10.1. The Hall–Kier alpha value is -3.86. The second-order valence-corrected chi connectivity index (χ2v) is 6.61. The number of nitrogens with one attached hydrogen (secondary N) is 2. The zero-order chi connectivity index (χ0) is 19.9. The molecule has 0 aliphatic heterocycles. The first-order valence-corrected chi connectivity index (χ1v) is 9.51. The highest BCUT2D eigenvalue weighted by Crippen LogP contribution is 2.24. The van der Waals surface area contributed by atoms with E-state index in [0.29, 0.717) is 5.95 Å². The molecule has 0 saturated carbocycles. The Morgan fingerprint density at radius 2 is 1.41 bits per heavy atom. The van der Waals surface area contributed by atoms with Crippen LogP contribution in [0.3, 0.4) is 0 Å². The predicted molar refractivity (Wildman–Crippen MR) is 117 cm³/mol. The summed E-state index contributed by atoms with van der Waals surface area (Å²) >= 11 is 0. The van der Waals surface area contributed by atoms with E-state index in [4.69, 9.17) is 4.74 Å². The van der Waals surface area contributed by atoms with Crippen molar-refractivity contribution in [3.05, 3.63) is 103 Å². The van der Waals surface area contributed by atoms with Gasteiger partial charge in [-0.15, -0.1) is 0 Å². The highest BCUT2D eigenvalue weighted by molar-refractivity contribution is 5.58. The van der Waals surface area contributed by atoms with Gasteiger partial charge in [0.05, 0.1) is 6.04 Å². The van der Waals surface area contributed by atoms with Crippen molar-refractivity contribution >= 4 is 17.5 Å². The molecule has 0 radical (unpaired) electrons. The minimum absolute atomic E-state index is 0.112. The standard InChI is InChI=1S/C24H22N4O/c1-18(19-8-4-2-5-9-19)26-24-25-17-16-23(28-24)27-20-12-14-22(15-13-20)29-21-10-6-3-7-11-21/h2-18H,1H3,(H2,25,26,27,28). The summed E-state index contributed by atoms with van der Waals surface area (Å²) in [5, 5.41) is 6.64. The molecule has 0 amide bonds. The van der Waals surface area contributed by atoms with Crippen LogP contribution in [0.2, 0.25) is 0 Å². The van der Waals surface area contributed by atoms with Gasteiger partial charge in [-0.3, -0.25) is 0 Å². The van der Waals surface area contributed by atoms with Crippen molar-refractivity contribution < 1.29 is 4.74 Å². The third-order valence-electron chi connectivity index (χ3n) is 4.41. The molecule has 0 spiro atoms. The Balaban J connectivity index is 1.40. The smallest absolute Gasteiger partial charge is 0.225 e. The van der Waals surface area contributed by atoms with E-state index < -0.39 is 0 Å². The van der Waals surface area contributed by atoms with Crippen molar-refractivity contribution in [2.45, 2.75) is 13.0 Å². The SMILES string of the molecule is CC(Nc1nccc(Nc2ccc(Oc3ccccc3)cc2)n1)c1ccccc1. The number of anilines is 3. The normalized spacial score (nSPS) is 11.5. The first-order chi connectivity index (χ1) is 14.3. The van der Waals surface area contributed by atoms with Crippen LogP contribution in [-0.2, 0) is 0 Å². The Labute approximate surface area is 170 Å². The van der Waals surface area contributed by atoms with Gasteiger partial charge in [-0.25, -0.2) is 4.98 Å². The third kappa shape index (κ3) is 5.11. The van der Waals surface area contributed by atoms with Gasteiger partial charge in [-0.05, 0) is 55.0 Å².